The molecule has 6 heteroatoms. The minimum absolute atomic E-state index is 0.0128. The summed E-state index contributed by atoms with van der Waals surface area (Å²) in [5.41, 5.74) is 4.09. The molecule has 3 rings (SSSR count). The molecule has 0 radical (unpaired) electrons. The fourth-order valence-electron chi connectivity index (χ4n) is 3.12. The Morgan fingerprint density at radius 2 is 2.04 bits per heavy atom. The van der Waals surface area contributed by atoms with Gasteiger partial charge in [0.15, 0.2) is 0 Å². The van der Waals surface area contributed by atoms with Gasteiger partial charge >= 0.3 is 0 Å². The first-order valence-corrected chi connectivity index (χ1v) is 8.47. The maximum atomic E-state index is 14.2. The molecule has 2 N–H and O–H groups in total. The molecule has 1 aliphatic heterocycles. The van der Waals surface area contributed by atoms with Crippen molar-refractivity contribution in [2.24, 2.45) is 0 Å². The lowest BCUT2D eigenvalue weighted by Crippen LogP contribution is -2.24. The predicted octanol–water partition coefficient (Wildman–Crippen LogP) is 2.52. The molecule has 0 saturated heterocycles. The molecule has 0 fully saturated rings. The zero-order valence-electron chi connectivity index (χ0n) is 15.0. The number of rotatable bonds is 3. The Kier molecular flexibility index (Phi) is 4.93. The van der Waals surface area contributed by atoms with Gasteiger partial charge in [-0.05, 0) is 60.7 Å². The highest BCUT2D eigenvalue weighted by Crippen LogP contribution is 2.31. The van der Waals surface area contributed by atoms with Crippen molar-refractivity contribution in [2.45, 2.75) is 20.3 Å². The summed E-state index contributed by atoms with van der Waals surface area (Å²) < 4.78 is 19.9. The fourth-order valence-corrected chi connectivity index (χ4v) is 3.12. The second kappa shape index (κ2) is 7.15. The number of ether oxygens (including phenoxy) is 1. The molecule has 0 saturated carbocycles. The maximum absolute atomic E-state index is 14.2. The lowest BCUT2D eigenvalue weighted by Gasteiger charge is -2.16. The molecule has 0 spiro atoms. The number of hydrogen-bond acceptors (Lipinski definition) is 3. The number of fused-ring (bicyclic) bond motifs is 1. The zero-order chi connectivity index (χ0) is 18.8. The molecule has 26 heavy (non-hydrogen) atoms. The number of nitrogens with one attached hydrogen (secondary N) is 2. The SMILES string of the molecule is CNC(=O)c1ccc(Cc2cc3c(c(C)c2C)OCCNC3=O)cc1F. The molecule has 0 atom stereocenters. The zero-order valence-corrected chi connectivity index (χ0v) is 15.0. The van der Waals surface area contributed by atoms with Gasteiger partial charge in [-0.25, -0.2) is 4.39 Å². The van der Waals surface area contributed by atoms with Crippen molar-refractivity contribution in [3.05, 3.63) is 63.5 Å². The standard InChI is InChI=1S/C20H21FN2O3/c1-11-12(2)18-16(20(25)23-6-7-26-18)10-14(11)8-13-4-5-15(17(21)9-13)19(24)22-3/h4-5,9-10H,6-8H2,1-3H3,(H,22,24)(H,23,25). The van der Waals surface area contributed by atoms with E-state index in [-0.39, 0.29) is 11.5 Å². The van der Waals surface area contributed by atoms with E-state index in [4.69, 9.17) is 4.74 Å². The second-order valence-electron chi connectivity index (χ2n) is 6.34. The van der Waals surface area contributed by atoms with Crippen LogP contribution in [0.1, 0.15) is 43.0 Å². The van der Waals surface area contributed by atoms with E-state index in [1.807, 2.05) is 19.9 Å². The maximum Gasteiger partial charge on any atom is 0.255 e. The highest BCUT2D eigenvalue weighted by atomic mass is 19.1. The van der Waals surface area contributed by atoms with Crippen molar-refractivity contribution in [3.8, 4) is 5.75 Å². The van der Waals surface area contributed by atoms with Gasteiger partial charge in [-0.1, -0.05) is 6.07 Å². The van der Waals surface area contributed by atoms with Crippen LogP contribution in [0.3, 0.4) is 0 Å². The van der Waals surface area contributed by atoms with Gasteiger partial charge in [0.25, 0.3) is 11.8 Å². The van der Waals surface area contributed by atoms with Crippen LogP contribution in [0.2, 0.25) is 0 Å². The van der Waals surface area contributed by atoms with E-state index in [2.05, 4.69) is 10.6 Å². The van der Waals surface area contributed by atoms with Crippen LogP contribution in [0, 0.1) is 19.7 Å². The number of amides is 2. The average molecular weight is 356 g/mol. The van der Waals surface area contributed by atoms with Gasteiger partial charge in [0, 0.05) is 7.05 Å². The summed E-state index contributed by atoms with van der Waals surface area (Å²) in [5.74, 6) is -0.572. The number of carbonyl (C=O) groups excluding carboxylic acids is 2. The van der Waals surface area contributed by atoms with Gasteiger partial charge in [-0.3, -0.25) is 9.59 Å². The summed E-state index contributed by atoms with van der Waals surface area (Å²) in [6, 6.07) is 6.38. The Labute approximate surface area is 151 Å². The van der Waals surface area contributed by atoms with E-state index in [1.54, 1.807) is 6.07 Å². The minimum Gasteiger partial charge on any atom is -0.491 e. The molecule has 0 bridgehead atoms. The van der Waals surface area contributed by atoms with Crippen LogP contribution < -0.4 is 15.4 Å². The Hall–Kier alpha value is -2.89. The average Bonchev–Trinajstić information content (AvgIpc) is 2.81. The molecule has 1 heterocycles. The normalized spacial score (nSPS) is 13.3. The Morgan fingerprint density at radius 3 is 2.73 bits per heavy atom. The van der Waals surface area contributed by atoms with Crippen LogP contribution in [-0.2, 0) is 6.42 Å². The van der Waals surface area contributed by atoms with Gasteiger partial charge in [0.05, 0.1) is 17.7 Å². The van der Waals surface area contributed by atoms with Gasteiger partial charge in [-0.15, -0.1) is 0 Å². The molecule has 2 aromatic rings. The third-order valence-corrected chi connectivity index (χ3v) is 4.73. The lowest BCUT2D eigenvalue weighted by atomic mass is 9.93. The molecule has 5 nitrogen and oxygen atoms in total. The molecule has 1 aliphatic rings. The molecule has 2 amide bonds. The molecular weight excluding hydrogens is 335 g/mol. The van der Waals surface area contributed by atoms with Crippen LogP contribution in [0.25, 0.3) is 0 Å². The monoisotopic (exact) mass is 356 g/mol. The summed E-state index contributed by atoms with van der Waals surface area (Å²) in [5, 5.41) is 5.22. The first-order chi connectivity index (χ1) is 12.4. The molecule has 136 valence electrons. The van der Waals surface area contributed by atoms with E-state index in [9.17, 15) is 14.0 Å². The summed E-state index contributed by atoms with van der Waals surface area (Å²) in [4.78, 5) is 23.9. The summed E-state index contributed by atoms with van der Waals surface area (Å²) in [6.07, 6.45) is 0.457. The van der Waals surface area contributed by atoms with Crippen molar-refractivity contribution >= 4 is 11.8 Å². The highest BCUT2D eigenvalue weighted by molar-refractivity contribution is 5.98. The molecule has 0 aliphatic carbocycles. The molecular formula is C20H21FN2O3. The van der Waals surface area contributed by atoms with E-state index in [1.165, 1.54) is 19.2 Å². The first kappa shape index (κ1) is 17.9. The Bertz CT molecular complexity index is 893. The Balaban J connectivity index is 1.98. The number of carbonyl (C=O) groups is 2. The van der Waals surface area contributed by atoms with Crippen LogP contribution in [0.15, 0.2) is 24.3 Å². The largest absolute Gasteiger partial charge is 0.491 e. The van der Waals surface area contributed by atoms with Crippen molar-refractivity contribution in [1.29, 1.82) is 0 Å². The summed E-state index contributed by atoms with van der Waals surface area (Å²) in [6.45, 7) is 4.79. The smallest absolute Gasteiger partial charge is 0.255 e. The van der Waals surface area contributed by atoms with E-state index in [0.717, 1.165) is 22.3 Å². The van der Waals surface area contributed by atoms with Crippen LogP contribution >= 0.6 is 0 Å². The van der Waals surface area contributed by atoms with Crippen LogP contribution in [0.4, 0.5) is 4.39 Å². The minimum atomic E-state index is -0.563. The number of benzene rings is 2. The fraction of sp³-hybridized carbons (Fsp3) is 0.300. The third kappa shape index (κ3) is 3.27. The van der Waals surface area contributed by atoms with Crippen LogP contribution in [-0.4, -0.2) is 32.0 Å². The van der Waals surface area contributed by atoms with Gasteiger partial charge in [-0.2, -0.15) is 0 Å². The first-order valence-electron chi connectivity index (χ1n) is 8.47. The van der Waals surface area contributed by atoms with Gasteiger partial charge in [0.2, 0.25) is 0 Å². The topological polar surface area (TPSA) is 67.4 Å². The molecule has 0 aromatic heterocycles. The third-order valence-electron chi connectivity index (χ3n) is 4.73. The van der Waals surface area contributed by atoms with Crippen molar-refractivity contribution in [3.63, 3.8) is 0 Å². The van der Waals surface area contributed by atoms with Gasteiger partial charge < -0.3 is 15.4 Å². The predicted molar refractivity (Wildman–Crippen MR) is 96.3 cm³/mol. The van der Waals surface area contributed by atoms with Crippen LogP contribution in [0.5, 0.6) is 5.75 Å². The van der Waals surface area contributed by atoms with Gasteiger partial charge in [0.1, 0.15) is 18.2 Å². The quantitative estimate of drug-likeness (QED) is 0.888. The van der Waals surface area contributed by atoms with Crippen molar-refractivity contribution in [2.75, 3.05) is 20.2 Å². The summed E-state index contributed by atoms with van der Waals surface area (Å²) in [7, 11) is 1.46. The van der Waals surface area contributed by atoms with E-state index >= 15 is 0 Å². The number of halogens is 1. The Morgan fingerprint density at radius 1 is 1.27 bits per heavy atom. The second-order valence-corrected chi connectivity index (χ2v) is 6.34. The highest BCUT2D eigenvalue weighted by Gasteiger charge is 2.22. The number of hydrogen-bond donors (Lipinski definition) is 2. The van der Waals surface area contributed by atoms with E-state index in [0.29, 0.717) is 30.9 Å². The summed E-state index contributed by atoms with van der Waals surface area (Å²) >= 11 is 0. The molecule has 2 aromatic carbocycles. The van der Waals surface area contributed by atoms with Crippen molar-refractivity contribution < 1.29 is 18.7 Å². The van der Waals surface area contributed by atoms with Crippen molar-refractivity contribution in [1.82, 2.24) is 10.6 Å². The lowest BCUT2D eigenvalue weighted by molar-refractivity contribution is 0.0949. The molecule has 0 unspecified atom stereocenters. The van der Waals surface area contributed by atoms with E-state index < -0.39 is 11.7 Å².